The Kier molecular flexibility index (Phi) is 7.74. The average Bonchev–Trinajstić information content (AvgIpc) is 2.68. The number of hydrogen-bond donors (Lipinski definition) is 2. The van der Waals surface area contributed by atoms with Gasteiger partial charge in [0, 0.05) is 25.2 Å². The lowest BCUT2D eigenvalue weighted by molar-refractivity contribution is -0.120. The fourth-order valence-electron chi connectivity index (χ4n) is 2.09. The number of halogens is 2. The molecule has 11 heteroatoms. The second kappa shape index (κ2) is 9.84. The third-order valence-electron chi connectivity index (χ3n) is 3.69. The lowest BCUT2D eigenvalue weighted by atomic mass is 10.2. The van der Waals surface area contributed by atoms with Crippen molar-refractivity contribution in [1.29, 1.82) is 0 Å². The first kappa shape index (κ1) is 22.8. The fourth-order valence-corrected chi connectivity index (χ4v) is 3.49. The number of sulfonamides is 1. The van der Waals surface area contributed by atoms with Gasteiger partial charge in [-0.25, -0.2) is 18.1 Å². The number of carbonyl (C=O) groups excluding carboxylic acids is 2. The Morgan fingerprint density at radius 2 is 1.66 bits per heavy atom. The molecule has 0 bridgehead atoms. The average molecular weight is 457 g/mol. The zero-order valence-corrected chi connectivity index (χ0v) is 17.8. The third-order valence-corrected chi connectivity index (χ3v) is 6.18. The van der Waals surface area contributed by atoms with Crippen LogP contribution in [0.25, 0.3) is 0 Å². The summed E-state index contributed by atoms with van der Waals surface area (Å²) in [7, 11) is -0.755. The molecule has 154 valence electrons. The third kappa shape index (κ3) is 6.01. The van der Waals surface area contributed by atoms with Crippen LogP contribution in [0.3, 0.4) is 0 Å². The quantitative estimate of drug-likeness (QED) is 0.491. The first-order chi connectivity index (χ1) is 13.6. The van der Waals surface area contributed by atoms with Crippen LogP contribution in [0.1, 0.15) is 15.9 Å². The molecule has 0 aliphatic rings. The number of nitrogens with zero attached hydrogens (tertiary/aromatic N) is 2. The van der Waals surface area contributed by atoms with Crippen molar-refractivity contribution in [2.24, 2.45) is 5.10 Å². The van der Waals surface area contributed by atoms with Gasteiger partial charge >= 0.3 is 0 Å². The number of carbonyl (C=O) groups is 2. The van der Waals surface area contributed by atoms with Crippen LogP contribution in [0.15, 0.2) is 52.5 Å². The van der Waals surface area contributed by atoms with Gasteiger partial charge in [0.05, 0.1) is 27.7 Å². The molecule has 2 N–H and O–H groups in total. The van der Waals surface area contributed by atoms with Crippen LogP contribution in [0, 0.1) is 0 Å². The monoisotopic (exact) mass is 456 g/mol. The second-order valence-corrected chi connectivity index (χ2v) is 8.89. The largest absolute Gasteiger partial charge is 0.343 e. The van der Waals surface area contributed by atoms with Gasteiger partial charge in [-0.05, 0) is 36.4 Å². The first-order valence-electron chi connectivity index (χ1n) is 8.19. The van der Waals surface area contributed by atoms with Crippen LogP contribution < -0.4 is 10.7 Å². The molecule has 0 spiro atoms. The van der Waals surface area contributed by atoms with Crippen LogP contribution >= 0.6 is 23.2 Å². The Hall–Kier alpha value is -2.46. The topological polar surface area (TPSA) is 108 Å². The van der Waals surface area contributed by atoms with E-state index < -0.39 is 21.8 Å². The second-order valence-electron chi connectivity index (χ2n) is 5.92. The Morgan fingerprint density at radius 1 is 1.07 bits per heavy atom. The minimum Gasteiger partial charge on any atom is -0.343 e. The van der Waals surface area contributed by atoms with E-state index in [0.717, 1.165) is 4.31 Å². The number of benzene rings is 2. The van der Waals surface area contributed by atoms with E-state index in [4.69, 9.17) is 23.2 Å². The van der Waals surface area contributed by atoms with Crippen molar-refractivity contribution in [2.75, 3.05) is 20.6 Å². The van der Waals surface area contributed by atoms with Crippen LogP contribution in [0.4, 0.5) is 0 Å². The van der Waals surface area contributed by atoms with E-state index in [-0.39, 0.29) is 17.0 Å². The number of nitrogens with one attached hydrogen (secondary N) is 2. The summed E-state index contributed by atoms with van der Waals surface area (Å²) in [6, 6.07) is 10.3. The van der Waals surface area contributed by atoms with E-state index in [1.807, 2.05) is 0 Å². The molecule has 8 nitrogen and oxygen atoms in total. The normalized spacial score (nSPS) is 11.6. The molecular weight excluding hydrogens is 439 g/mol. The maximum atomic E-state index is 12.1. The molecular formula is C18H18Cl2N4O4S. The van der Waals surface area contributed by atoms with Crippen LogP contribution in [0.5, 0.6) is 0 Å². The van der Waals surface area contributed by atoms with E-state index in [0.29, 0.717) is 15.6 Å². The van der Waals surface area contributed by atoms with Crippen LogP contribution in [0.2, 0.25) is 10.0 Å². The molecule has 0 unspecified atom stereocenters. The lowest BCUT2D eigenvalue weighted by Crippen LogP contribution is -2.35. The molecule has 0 atom stereocenters. The molecule has 0 saturated heterocycles. The number of hydrazone groups is 1. The highest BCUT2D eigenvalue weighted by molar-refractivity contribution is 7.89. The first-order valence-corrected chi connectivity index (χ1v) is 10.4. The van der Waals surface area contributed by atoms with Crippen molar-refractivity contribution in [3.63, 3.8) is 0 Å². The predicted molar refractivity (Wildman–Crippen MR) is 112 cm³/mol. The number of rotatable bonds is 7. The summed E-state index contributed by atoms with van der Waals surface area (Å²) < 4.78 is 25.1. The molecule has 0 saturated carbocycles. The highest BCUT2D eigenvalue weighted by atomic mass is 35.5. The van der Waals surface area contributed by atoms with Gasteiger partial charge in [-0.1, -0.05) is 29.3 Å². The Labute approximate surface area is 178 Å². The number of amides is 2. The summed E-state index contributed by atoms with van der Waals surface area (Å²) in [6.07, 6.45) is 1.30. The highest BCUT2D eigenvalue weighted by Gasteiger charge is 2.17. The minimum absolute atomic E-state index is 0.0596. The molecule has 0 aliphatic heterocycles. The van der Waals surface area contributed by atoms with E-state index in [1.165, 1.54) is 44.6 Å². The SMILES string of the molecule is CN(C)S(=O)(=O)c1ccc(C(=O)NCC(=O)N/N=C\c2c(Cl)cccc2Cl)cc1. The maximum Gasteiger partial charge on any atom is 0.259 e. The molecule has 0 aliphatic carbocycles. The molecule has 2 aromatic rings. The van der Waals surface area contributed by atoms with Gasteiger partial charge in [0.25, 0.3) is 11.8 Å². The van der Waals surface area contributed by atoms with Gasteiger partial charge in [0.1, 0.15) is 0 Å². The van der Waals surface area contributed by atoms with Crippen molar-refractivity contribution >= 4 is 51.3 Å². The number of hydrogen-bond acceptors (Lipinski definition) is 5. The summed E-state index contributed by atoms with van der Waals surface area (Å²) in [5.74, 6) is -1.10. The standard InChI is InChI=1S/C18H18Cl2N4O4S/c1-24(2)29(27,28)13-8-6-12(7-9-13)18(26)21-11-17(25)23-22-10-14-15(19)4-3-5-16(14)20/h3-10H,11H2,1-2H3,(H,21,26)(H,23,25)/b22-10-. The maximum absolute atomic E-state index is 12.1. The van der Waals surface area contributed by atoms with Gasteiger partial charge in [0.2, 0.25) is 10.0 Å². The summed E-state index contributed by atoms with van der Waals surface area (Å²) >= 11 is 12.0. The molecule has 2 amide bonds. The predicted octanol–water partition coefficient (Wildman–Crippen LogP) is 2.12. The van der Waals surface area contributed by atoms with E-state index in [1.54, 1.807) is 18.2 Å². The molecule has 0 aromatic heterocycles. The van der Waals surface area contributed by atoms with E-state index in [9.17, 15) is 18.0 Å². The summed E-state index contributed by atoms with van der Waals surface area (Å²) in [4.78, 5) is 24.0. The van der Waals surface area contributed by atoms with Crippen LogP contribution in [-0.2, 0) is 14.8 Å². The molecule has 29 heavy (non-hydrogen) atoms. The van der Waals surface area contributed by atoms with E-state index in [2.05, 4.69) is 15.8 Å². The van der Waals surface area contributed by atoms with Gasteiger partial charge in [-0.15, -0.1) is 0 Å². The molecule has 0 heterocycles. The minimum atomic E-state index is -3.58. The van der Waals surface area contributed by atoms with Gasteiger partial charge in [0.15, 0.2) is 0 Å². The van der Waals surface area contributed by atoms with Crippen molar-refractivity contribution in [3.05, 3.63) is 63.6 Å². The summed E-state index contributed by atoms with van der Waals surface area (Å²) in [6.45, 7) is -0.329. The Balaban J connectivity index is 1.90. The lowest BCUT2D eigenvalue weighted by Gasteiger charge is -2.11. The van der Waals surface area contributed by atoms with Crippen molar-refractivity contribution in [1.82, 2.24) is 15.0 Å². The summed E-state index contributed by atoms with van der Waals surface area (Å²) in [5, 5.41) is 6.92. The molecule has 0 radical (unpaired) electrons. The van der Waals surface area contributed by atoms with Crippen molar-refractivity contribution in [2.45, 2.75) is 4.90 Å². The molecule has 2 rings (SSSR count). The molecule has 0 fully saturated rings. The van der Waals surface area contributed by atoms with Gasteiger partial charge in [-0.3, -0.25) is 9.59 Å². The zero-order chi connectivity index (χ0) is 21.6. The van der Waals surface area contributed by atoms with Crippen molar-refractivity contribution < 1.29 is 18.0 Å². The van der Waals surface area contributed by atoms with Gasteiger partial charge < -0.3 is 5.32 Å². The van der Waals surface area contributed by atoms with Crippen molar-refractivity contribution in [3.8, 4) is 0 Å². The Bertz CT molecular complexity index is 1020. The Morgan fingerprint density at radius 3 is 2.21 bits per heavy atom. The van der Waals surface area contributed by atoms with Crippen LogP contribution in [-0.4, -0.2) is 51.4 Å². The zero-order valence-electron chi connectivity index (χ0n) is 15.5. The van der Waals surface area contributed by atoms with Gasteiger partial charge in [-0.2, -0.15) is 5.10 Å². The fraction of sp³-hybridized carbons (Fsp3) is 0.167. The highest BCUT2D eigenvalue weighted by Crippen LogP contribution is 2.22. The smallest absolute Gasteiger partial charge is 0.259 e. The van der Waals surface area contributed by atoms with E-state index >= 15 is 0 Å². The molecule has 2 aromatic carbocycles. The summed E-state index contributed by atoms with van der Waals surface area (Å²) in [5.41, 5.74) is 2.91.